The number of nitrogens with zero attached hydrogens (tertiary/aromatic N) is 1. The van der Waals surface area contributed by atoms with Crippen LogP contribution in [0, 0.1) is 11.3 Å². The van der Waals surface area contributed by atoms with Crippen molar-refractivity contribution in [3.63, 3.8) is 0 Å². The van der Waals surface area contributed by atoms with Crippen LogP contribution < -0.4 is 0 Å². The first-order valence-electron chi connectivity index (χ1n) is 4.74. The van der Waals surface area contributed by atoms with E-state index in [-0.39, 0.29) is 32.7 Å². The van der Waals surface area contributed by atoms with Gasteiger partial charge in [-0.2, -0.15) is 0 Å². The topological polar surface area (TPSA) is 14.1 Å². The van der Waals surface area contributed by atoms with Crippen LogP contribution in [0.15, 0.2) is 0 Å². The van der Waals surface area contributed by atoms with Gasteiger partial charge in [-0.3, -0.25) is 0 Å². The molecule has 69 valence electrons. The Morgan fingerprint density at radius 2 is 1.83 bits per heavy atom. The minimum atomic E-state index is 0. The van der Waals surface area contributed by atoms with Gasteiger partial charge in [0.25, 0.3) is 0 Å². The van der Waals surface area contributed by atoms with Gasteiger partial charge in [0.2, 0.25) is 0 Å². The molecule has 12 heavy (non-hydrogen) atoms. The fraction of sp³-hybridized carbons (Fsp3) is 1.00. The SMILES string of the molecule is CC(C)(C)C1CCCC[N-]C1.[Y]. The molecule has 1 aliphatic rings. The second-order valence-corrected chi connectivity index (χ2v) is 4.69. The molecule has 0 N–H and O–H groups in total. The molecule has 0 aromatic carbocycles. The monoisotopic (exact) mass is 243 g/mol. The second kappa shape index (κ2) is 5.72. The first-order valence-corrected chi connectivity index (χ1v) is 4.74. The average molecular weight is 243 g/mol. The van der Waals surface area contributed by atoms with Gasteiger partial charge in [-0.1, -0.05) is 46.0 Å². The van der Waals surface area contributed by atoms with Crippen LogP contribution in [-0.4, -0.2) is 13.1 Å². The summed E-state index contributed by atoms with van der Waals surface area (Å²) in [5, 5.41) is 4.52. The van der Waals surface area contributed by atoms with Crippen LogP contribution in [0.5, 0.6) is 0 Å². The van der Waals surface area contributed by atoms with E-state index in [1.807, 2.05) is 0 Å². The Labute approximate surface area is 102 Å². The zero-order valence-electron chi connectivity index (χ0n) is 8.64. The molecular weight excluding hydrogens is 223 g/mol. The zero-order chi connectivity index (χ0) is 8.32. The summed E-state index contributed by atoms with van der Waals surface area (Å²) in [6.07, 6.45) is 4.07. The Bertz CT molecular complexity index is 109. The molecule has 0 aromatic heterocycles. The smallest absolute Gasteiger partial charge is 0 e. The third-order valence-electron chi connectivity index (χ3n) is 2.69. The van der Waals surface area contributed by atoms with Gasteiger partial charge in [0.05, 0.1) is 0 Å². The molecule has 1 unspecified atom stereocenters. The molecule has 0 aliphatic carbocycles. The summed E-state index contributed by atoms with van der Waals surface area (Å²) in [7, 11) is 0. The number of hydrogen-bond acceptors (Lipinski definition) is 0. The van der Waals surface area contributed by atoms with Crippen molar-refractivity contribution in [3.8, 4) is 0 Å². The van der Waals surface area contributed by atoms with Gasteiger partial charge in [0.1, 0.15) is 0 Å². The third kappa shape index (κ3) is 4.34. The molecule has 1 heterocycles. The Hall–Kier alpha value is 1.06. The molecule has 0 spiro atoms. The number of hydrogen-bond donors (Lipinski definition) is 0. The standard InChI is InChI=1S/C10H20N.Y/c1-10(2,3)9-6-4-5-7-11-8-9;/h9H,4-8H2,1-3H3;/q-1;. The molecule has 0 bridgehead atoms. The molecule has 2 heteroatoms. The molecule has 1 aliphatic heterocycles. The van der Waals surface area contributed by atoms with Crippen LogP contribution >= 0.6 is 0 Å². The average Bonchev–Trinajstić information content (AvgIpc) is 2.10. The molecule has 1 rings (SSSR count). The molecule has 1 atom stereocenters. The van der Waals surface area contributed by atoms with Crippen molar-refractivity contribution in [1.82, 2.24) is 0 Å². The molecule has 1 fully saturated rings. The van der Waals surface area contributed by atoms with Crippen LogP contribution in [0.3, 0.4) is 0 Å². The van der Waals surface area contributed by atoms with E-state index in [0.29, 0.717) is 5.41 Å². The quantitative estimate of drug-likeness (QED) is 0.620. The fourth-order valence-electron chi connectivity index (χ4n) is 1.66. The first kappa shape index (κ1) is 13.1. The van der Waals surface area contributed by atoms with Gasteiger partial charge in [0, 0.05) is 32.7 Å². The van der Waals surface area contributed by atoms with Crippen LogP contribution in [0.4, 0.5) is 0 Å². The summed E-state index contributed by atoms with van der Waals surface area (Å²) < 4.78 is 0. The van der Waals surface area contributed by atoms with Gasteiger partial charge in [-0.25, -0.2) is 0 Å². The predicted molar refractivity (Wildman–Crippen MR) is 49.9 cm³/mol. The summed E-state index contributed by atoms with van der Waals surface area (Å²) in [6, 6.07) is 0. The summed E-state index contributed by atoms with van der Waals surface area (Å²) in [4.78, 5) is 0. The fourth-order valence-corrected chi connectivity index (χ4v) is 1.66. The summed E-state index contributed by atoms with van der Waals surface area (Å²) in [5.41, 5.74) is 0.466. The Morgan fingerprint density at radius 3 is 2.42 bits per heavy atom. The molecule has 1 radical (unpaired) electrons. The third-order valence-corrected chi connectivity index (χ3v) is 2.69. The summed E-state index contributed by atoms with van der Waals surface area (Å²) in [6.45, 7) is 9.20. The van der Waals surface area contributed by atoms with E-state index < -0.39 is 0 Å². The Balaban J connectivity index is 0.00000121. The maximum absolute atomic E-state index is 4.52. The van der Waals surface area contributed by atoms with Gasteiger partial charge in [-0.05, 0) is 5.41 Å². The minimum Gasteiger partial charge on any atom is -0.662 e. The van der Waals surface area contributed by atoms with Crippen molar-refractivity contribution in [2.24, 2.45) is 11.3 Å². The molecule has 0 aromatic rings. The van der Waals surface area contributed by atoms with Crippen LogP contribution in [-0.2, 0) is 32.7 Å². The summed E-state index contributed by atoms with van der Waals surface area (Å²) in [5.74, 6) is 0.824. The van der Waals surface area contributed by atoms with E-state index in [4.69, 9.17) is 0 Å². The number of rotatable bonds is 0. The largest absolute Gasteiger partial charge is 0.662 e. The minimum absolute atomic E-state index is 0. The van der Waals surface area contributed by atoms with Crippen molar-refractivity contribution in [2.45, 2.75) is 40.0 Å². The van der Waals surface area contributed by atoms with Crippen LogP contribution in [0.1, 0.15) is 40.0 Å². The molecular formula is C10H20NY-. The Kier molecular flexibility index (Phi) is 6.23. The molecule has 0 saturated carbocycles. The second-order valence-electron chi connectivity index (χ2n) is 4.69. The van der Waals surface area contributed by atoms with E-state index in [1.54, 1.807) is 0 Å². The normalized spacial score (nSPS) is 25.8. The molecule has 1 nitrogen and oxygen atoms in total. The first-order chi connectivity index (χ1) is 5.11. The predicted octanol–water partition coefficient (Wildman–Crippen LogP) is 3.20. The zero-order valence-corrected chi connectivity index (χ0v) is 11.5. The van der Waals surface area contributed by atoms with Crippen LogP contribution in [0.2, 0.25) is 0 Å². The van der Waals surface area contributed by atoms with E-state index in [9.17, 15) is 0 Å². The molecule has 0 amide bonds. The van der Waals surface area contributed by atoms with Gasteiger partial charge < -0.3 is 5.32 Å². The van der Waals surface area contributed by atoms with Gasteiger partial charge in [-0.15, -0.1) is 13.1 Å². The van der Waals surface area contributed by atoms with E-state index in [0.717, 1.165) is 19.0 Å². The van der Waals surface area contributed by atoms with Crippen molar-refractivity contribution >= 4 is 0 Å². The molecule has 1 saturated heterocycles. The van der Waals surface area contributed by atoms with Gasteiger partial charge in [0.15, 0.2) is 0 Å². The maximum Gasteiger partial charge on any atom is 0 e. The van der Waals surface area contributed by atoms with E-state index in [2.05, 4.69) is 26.1 Å². The van der Waals surface area contributed by atoms with E-state index in [1.165, 1.54) is 19.3 Å². The van der Waals surface area contributed by atoms with Crippen molar-refractivity contribution in [1.29, 1.82) is 0 Å². The van der Waals surface area contributed by atoms with Crippen molar-refractivity contribution in [2.75, 3.05) is 13.1 Å². The van der Waals surface area contributed by atoms with Crippen molar-refractivity contribution in [3.05, 3.63) is 5.32 Å². The van der Waals surface area contributed by atoms with Gasteiger partial charge >= 0.3 is 0 Å². The Morgan fingerprint density at radius 1 is 1.17 bits per heavy atom. The summed E-state index contributed by atoms with van der Waals surface area (Å²) >= 11 is 0. The van der Waals surface area contributed by atoms with E-state index >= 15 is 0 Å². The van der Waals surface area contributed by atoms with Crippen LogP contribution in [0.25, 0.3) is 5.32 Å². The maximum atomic E-state index is 4.52. The van der Waals surface area contributed by atoms with Crippen molar-refractivity contribution < 1.29 is 32.7 Å².